The van der Waals surface area contributed by atoms with Crippen LogP contribution in [0.2, 0.25) is 0 Å². The highest BCUT2D eigenvalue weighted by Crippen LogP contribution is 2.35. The highest BCUT2D eigenvalue weighted by Gasteiger charge is 2.29. The van der Waals surface area contributed by atoms with Gasteiger partial charge in [-0.05, 0) is 49.8 Å². The maximum absolute atomic E-state index is 12.8. The van der Waals surface area contributed by atoms with Crippen LogP contribution in [0.25, 0.3) is 10.8 Å². The quantitative estimate of drug-likeness (QED) is 0.702. The summed E-state index contributed by atoms with van der Waals surface area (Å²) in [6.45, 7) is 0.744. The molecule has 29 heavy (non-hydrogen) atoms. The molecule has 2 heterocycles. The Morgan fingerprint density at radius 2 is 1.72 bits per heavy atom. The summed E-state index contributed by atoms with van der Waals surface area (Å²) in [5, 5.41) is 11.9. The first-order valence-electron chi connectivity index (χ1n) is 10.3. The fraction of sp³-hybridized carbons (Fsp3) is 0.348. The second-order valence-corrected chi connectivity index (χ2v) is 8.01. The first-order valence-corrected chi connectivity index (χ1v) is 10.3. The summed E-state index contributed by atoms with van der Waals surface area (Å²) >= 11 is 0. The van der Waals surface area contributed by atoms with Crippen LogP contribution >= 0.6 is 0 Å². The van der Waals surface area contributed by atoms with E-state index in [-0.39, 0.29) is 17.6 Å². The summed E-state index contributed by atoms with van der Waals surface area (Å²) in [7, 11) is 0. The lowest BCUT2D eigenvalue weighted by Crippen LogP contribution is -2.45. The zero-order chi connectivity index (χ0) is 19.8. The van der Waals surface area contributed by atoms with Crippen LogP contribution in [0.1, 0.15) is 42.9 Å². The number of hydrogen-bond donors (Lipinski definition) is 2. The molecular weight excluding hydrogens is 364 g/mol. The summed E-state index contributed by atoms with van der Waals surface area (Å²) in [6.07, 6.45) is 4.65. The third-order valence-electron chi connectivity index (χ3n) is 6.30. The molecular formula is C23H24N4O2. The van der Waals surface area contributed by atoms with E-state index >= 15 is 0 Å². The molecule has 3 aromatic rings. The van der Waals surface area contributed by atoms with Gasteiger partial charge in [0.15, 0.2) is 0 Å². The molecule has 1 fully saturated rings. The number of hydrogen-bond acceptors (Lipinski definition) is 3. The van der Waals surface area contributed by atoms with Gasteiger partial charge in [0, 0.05) is 29.6 Å². The average Bonchev–Trinajstić information content (AvgIpc) is 3.19. The average molecular weight is 388 g/mol. The number of H-pyrrole nitrogens is 1. The summed E-state index contributed by atoms with van der Waals surface area (Å²) < 4.78 is 0. The Morgan fingerprint density at radius 3 is 2.55 bits per heavy atom. The van der Waals surface area contributed by atoms with Crippen LogP contribution in [-0.4, -0.2) is 28.8 Å². The predicted octanol–water partition coefficient (Wildman–Crippen LogP) is 3.72. The molecule has 0 radical (unpaired) electrons. The fourth-order valence-electron chi connectivity index (χ4n) is 4.76. The number of carbonyl (C=O) groups excluding carboxylic acids is 1. The van der Waals surface area contributed by atoms with E-state index in [1.165, 1.54) is 5.56 Å². The number of anilines is 1. The van der Waals surface area contributed by atoms with Crippen LogP contribution in [0.4, 0.5) is 10.5 Å². The molecule has 5 rings (SSSR count). The number of aromatic nitrogens is 2. The zero-order valence-electron chi connectivity index (χ0n) is 16.2. The Balaban J connectivity index is 1.25. The third kappa shape index (κ3) is 3.28. The van der Waals surface area contributed by atoms with Crippen molar-refractivity contribution in [1.82, 2.24) is 15.5 Å². The molecule has 0 unspecified atom stereocenters. The molecule has 0 spiro atoms. The minimum atomic E-state index is -0.142. The van der Waals surface area contributed by atoms with Crippen molar-refractivity contribution in [2.24, 2.45) is 0 Å². The molecule has 2 N–H and O–H groups in total. The second-order valence-electron chi connectivity index (χ2n) is 8.01. The first kappa shape index (κ1) is 17.9. The Labute approximate surface area is 168 Å². The van der Waals surface area contributed by atoms with Crippen LogP contribution in [0.3, 0.4) is 0 Å². The number of rotatable bonds is 2. The molecule has 148 valence electrons. The van der Waals surface area contributed by atoms with Gasteiger partial charge < -0.3 is 5.32 Å². The van der Waals surface area contributed by atoms with Crippen molar-refractivity contribution in [1.29, 1.82) is 0 Å². The van der Waals surface area contributed by atoms with E-state index in [9.17, 15) is 9.59 Å². The number of amides is 2. The molecule has 0 bridgehead atoms. The van der Waals surface area contributed by atoms with Crippen molar-refractivity contribution in [3.05, 3.63) is 70.1 Å². The van der Waals surface area contributed by atoms with Gasteiger partial charge in [-0.1, -0.05) is 36.4 Å². The Hall–Kier alpha value is -3.15. The standard InChI is InChI=1S/C23H24N4O2/c28-22-19-7-3-2-6-18(19)21(25-26-22)16-9-11-17(12-10-16)24-23(29)27-14-13-15-5-1-4-8-20(15)27/h1-8,16-17H,9-14H2,(H,24,29)(H,26,28)/t16-,17-. The highest BCUT2D eigenvalue weighted by molar-refractivity contribution is 5.94. The van der Waals surface area contributed by atoms with Crippen LogP contribution < -0.4 is 15.8 Å². The second kappa shape index (κ2) is 7.35. The number of fused-ring (bicyclic) bond motifs is 2. The maximum Gasteiger partial charge on any atom is 0.322 e. The van der Waals surface area contributed by atoms with Crippen LogP contribution in [0, 0.1) is 0 Å². The minimum absolute atomic E-state index is 0.00557. The van der Waals surface area contributed by atoms with Crippen molar-refractivity contribution in [2.75, 3.05) is 11.4 Å². The molecule has 2 amide bonds. The van der Waals surface area contributed by atoms with E-state index in [2.05, 4.69) is 21.6 Å². The predicted molar refractivity (Wildman–Crippen MR) is 113 cm³/mol. The fourth-order valence-corrected chi connectivity index (χ4v) is 4.76. The van der Waals surface area contributed by atoms with Gasteiger partial charge in [0.2, 0.25) is 0 Å². The monoisotopic (exact) mass is 388 g/mol. The van der Waals surface area contributed by atoms with Crippen molar-refractivity contribution < 1.29 is 4.79 Å². The van der Waals surface area contributed by atoms with Crippen LogP contribution in [-0.2, 0) is 6.42 Å². The maximum atomic E-state index is 12.8. The van der Waals surface area contributed by atoms with Crippen molar-refractivity contribution in [3.8, 4) is 0 Å². The lowest BCUT2D eigenvalue weighted by molar-refractivity contribution is 0.237. The smallest absolute Gasteiger partial charge is 0.322 e. The van der Waals surface area contributed by atoms with E-state index in [0.29, 0.717) is 11.3 Å². The lowest BCUT2D eigenvalue weighted by Gasteiger charge is -2.30. The Kier molecular flexibility index (Phi) is 4.54. The molecule has 0 atom stereocenters. The van der Waals surface area contributed by atoms with Crippen LogP contribution in [0.5, 0.6) is 0 Å². The van der Waals surface area contributed by atoms with Crippen LogP contribution in [0.15, 0.2) is 53.3 Å². The molecule has 2 aliphatic rings. The van der Waals surface area contributed by atoms with E-state index in [1.54, 1.807) is 0 Å². The van der Waals surface area contributed by atoms with E-state index in [4.69, 9.17) is 0 Å². The number of carbonyl (C=O) groups is 1. The van der Waals surface area contributed by atoms with Gasteiger partial charge in [-0.3, -0.25) is 9.69 Å². The van der Waals surface area contributed by atoms with Crippen molar-refractivity contribution in [2.45, 2.75) is 44.1 Å². The Morgan fingerprint density at radius 1 is 1.00 bits per heavy atom. The summed E-state index contributed by atoms with van der Waals surface area (Å²) in [6, 6.07) is 16.0. The molecule has 6 heteroatoms. The number of aromatic amines is 1. The molecule has 1 aromatic heterocycles. The lowest BCUT2D eigenvalue weighted by atomic mass is 9.83. The van der Waals surface area contributed by atoms with Gasteiger partial charge in [-0.25, -0.2) is 9.89 Å². The van der Waals surface area contributed by atoms with Crippen molar-refractivity contribution >= 4 is 22.5 Å². The van der Waals surface area contributed by atoms with Gasteiger partial charge in [0.05, 0.1) is 11.1 Å². The summed E-state index contributed by atoms with van der Waals surface area (Å²) in [5.41, 5.74) is 3.10. The highest BCUT2D eigenvalue weighted by atomic mass is 16.2. The third-order valence-corrected chi connectivity index (χ3v) is 6.30. The molecule has 0 saturated heterocycles. The zero-order valence-corrected chi connectivity index (χ0v) is 16.2. The van der Waals surface area contributed by atoms with Gasteiger partial charge in [0.25, 0.3) is 5.56 Å². The normalized spacial score (nSPS) is 21.2. The van der Waals surface area contributed by atoms with Gasteiger partial charge in [-0.15, -0.1) is 0 Å². The molecule has 1 aliphatic carbocycles. The summed E-state index contributed by atoms with van der Waals surface area (Å²) in [5.74, 6) is 0.303. The molecule has 2 aromatic carbocycles. The number of benzene rings is 2. The molecule has 1 aliphatic heterocycles. The number of nitrogens with zero attached hydrogens (tertiary/aromatic N) is 2. The minimum Gasteiger partial charge on any atom is -0.335 e. The first-order chi connectivity index (χ1) is 14.2. The van der Waals surface area contributed by atoms with E-state index < -0.39 is 0 Å². The Bertz CT molecular complexity index is 1120. The topological polar surface area (TPSA) is 78.1 Å². The molecule has 1 saturated carbocycles. The SMILES string of the molecule is O=C(N[C@H]1CC[C@H](c2n[nH]c(=O)c3ccccc32)CC1)N1CCc2ccccc21. The van der Waals surface area contributed by atoms with Gasteiger partial charge >= 0.3 is 6.03 Å². The van der Waals surface area contributed by atoms with Gasteiger partial charge in [-0.2, -0.15) is 5.10 Å². The van der Waals surface area contributed by atoms with E-state index in [1.807, 2.05) is 47.4 Å². The summed E-state index contributed by atoms with van der Waals surface area (Å²) in [4.78, 5) is 26.7. The largest absolute Gasteiger partial charge is 0.335 e. The molecule has 6 nitrogen and oxygen atoms in total. The van der Waals surface area contributed by atoms with Crippen molar-refractivity contribution in [3.63, 3.8) is 0 Å². The number of nitrogens with one attached hydrogen (secondary N) is 2. The number of para-hydroxylation sites is 1. The van der Waals surface area contributed by atoms with E-state index in [0.717, 1.165) is 55.4 Å². The number of urea groups is 1. The van der Waals surface area contributed by atoms with Gasteiger partial charge in [0.1, 0.15) is 0 Å².